The number of carbonyl (C=O) groups excluding carboxylic acids is 2. The van der Waals surface area contributed by atoms with Crippen LogP contribution in [0, 0.1) is 11.7 Å². The molecule has 1 aromatic carbocycles. The van der Waals surface area contributed by atoms with Crippen LogP contribution in [0.3, 0.4) is 0 Å². The van der Waals surface area contributed by atoms with Crippen LogP contribution in [0.4, 0.5) is 10.1 Å². The van der Waals surface area contributed by atoms with E-state index in [2.05, 4.69) is 17.6 Å². The summed E-state index contributed by atoms with van der Waals surface area (Å²) < 4.78 is 40.4. The first-order valence-corrected chi connectivity index (χ1v) is 11.7. The molecular weight excluding hydrogens is 411 g/mol. The summed E-state index contributed by atoms with van der Waals surface area (Å²) in [6.45, 7) is 3.28. The number of hydrogen-bond donors (Lipinski definition) is 2. The Morgan fingerprint density at radius 2 is 1.93 bits per heavy atom. The van der Waals surface area contributed by atoms with Crippen LogP contribution in [0.15, 0.2) is 24.3 Å². The molecule has 2 fully saturated rings. The van der Waals surface area contributed by atoms with Crippen molar-refractivity contribution >= 4 is 27.5 Å². The van der Waals surface area contributed by atoms with Crippen molar-refractivity contribution < 1.29 is 22.4 Å². The minimum Gasteiger partial charge on any atom is -0.341 e. The van der Waals surface area contributed by atoms with Gasteiger partial charge in [0.25, 0.3) is 0 Å². The monoisotopic (exact) mass is 440 g/mol. The number of nitrogens with zero attached hydrogens (tertiary/aromatic N) is 2. The Labute approximate surface area is 176 Å². The zero-order chi connectivity index (χ0) is 21.9. The number of halogens is 1. The first-order valence-electron chi connectivity index (χ1n) is 10.2. The number of piperidine rings is 1. The molecule has 2 heterocycles. The maximum Gasteiger partial charge on any atom is 0.239 e. The van der Waals surface area contributed by atoms with Crippen LogP contribution >= 0.6 is 0 Å². The topological polar surface area (TPSA) is 98.8 Å². The summed E-state index contributed by atoms with van der Waals surface area (Å²) in [5, 5.41) is 4.62. The maximum absolute atomic E-state index is 13.7. The van der Waals surface area contributed by atoms with E-state index in [1.54, 1.807) is 11.0 Å². The molecule has 166 valence electrons. The molecule has 2 aliphatic heterocycles. The van der Waals surface area contributed by atoms with E-state index in [1.165, 1.54) is 25.2 Å². The molecule has 2 amide bonds. The van der Waals surface area contributed by atoms with Crippen LogP contribution < -0.4 is 10.6 Å². The van der Waals surface area contributed by atoms with E-state index < -0.39 is 39.6 Å². The van der Waals surface area contributed by atoms with Crippen molar-refractivity contribution in [1.29, 1.82) is 0 Å². The summed E-state index contributed by atoms with van der Waals surface area (Å²) in [5.74, 6) is -0.681. The summed E-state index contributed by atoms with van der Waals surface area (Å²) in [6.07, 6.45) is 2.09. The van der Waals surface area contributed by atoms with Crippen LogP contribution in [0.2, 0.25) is 0 Å². The average molecular weight is 441 g/mol. The third-order valence-corrected chi connectivity index (χ3v) is 8.05. The predicted molar refractivity (Wildman–Crippen MR) is 112 cm³/mol. The summed E-state index contributed by atoms with van der Waals surface area (Å²) >= 11 is 0. The van der Waals surface area contributed by atoms with Crippen molar-refractivity contribution in [3.8, 4) is 0 Å². The first kappa shape index (κ1) is 22.6. The van der Waals surface area contributed by atoms with Gasteiger partial charge in [-0.2, -0.15) is 4.31 Å². The fraction of sp³-hybridized carbons (Fsp3) is 0.600. The largest absolute Gasteiger partial charge is 0.341 e. The summed E-state index contributed by atoms with van der Waals surface area (Å²) in [4.78, 5) is 26.7. The fourth-order valence-corrected chi connectivity index (χ4v) is 5.42. The molecule has 0 saturated carbocycles. The molecule has 2 unspecified atom stereocenters. The number of nitrogens with one attached hydrogen (secondary N) is 2. The highest BCUT2D eigenvalue weighted by Crippen LogP contribution is 2.22. The lowest BCUT2D eigenvalue weighted by Gasteiger charge is -2.32. The van der Waals surface area contributed by atoms with Gasteiger partial charge in [-0.15, -0.1) is 0 Å². The molecule has 2 saturated heterocycles. The van der Waals surface area contributed by atoms with E-state index in [4.69, 9.17) is 0 Å². The molecule has 2 N–H and O–H groups in total. The lowest BCUT2D eigenvalue weighted by atomic mass is 9.98. The zero-order valence-electron chi connectivity index (χ0n) is 17.3. The molecule has 0 spiro atoms. The van der Waals surface area contributed by atoms with Crippen molar-refractivity contribution in [2.75, 3.05) is 38.5 Å². The van der Waals surface area contributed by atoms with Gasteiger partial charge in [-0.3, -0.25) is 9.59 Å². The van der Waals surface area contributed by atoms with Crippen molar-refractivity contribution in [3.63, 3.8) is 0 Å². The molecule has 0 aromatic heterocycles. The zero-order valence-corrected chi connectivity index (χ0v) is 18.1. The number of hydrogen-bond acceptors (Lipinski definition) is 5. The molecule has 2 atom stereocenters. The molecule has 8 nitrogen and oxygen atoms in total. The van der Waals surface area contributed by atoms with Gasteiger partial charge in [-0.25, -0.2) is 12.8 Å². The third kappa shape index (κ3) is 5.16. The minimum absolute atomic E-state index is 0.00246. The van der Waals surface area contributed by atoms with E-state index in [0.717, 1.165) is 17.1 Å². The van der Waals surface area contributed by atoms with Gasteiger partial charge in [-0.05, 0) is 37.3 Å². The number of carbonyl (C=O) groups is 2. The molecule has 0 radical (unpaired) electrons. The normalized spacial score (nSPS) is 23.0. The number of anilines is 1. The lowest BCUT2D eigenvalue weighted by molar-refractivity contribution is -0.134. The number of likely N-dealkylation sites (tertiary alicyclic amines) is 1. The highest BCUT2D eigenvalue weighted by molar-refractivity contribution is 7.89. The highest BCUT2D eigenvalue weighted by atomic mass is 32.2. The summed E-state index contributed by atoms with van der Waals surface area (Å²) in [6, 6.07) is 5.15. The fourth-order valence-electron chi connectivity index (χ4n) is 3.87. The molecule has 0 bridgehead atoms. The van der Waals surface area contributed by atoms with Crippen LogP contribution in [-0.2, 0) is 19.6 Å². The van der Waals surface area contributed by atoms with Crippen LogP contribution in [0.25, 0.3) is 0 Å². The maximum atomic E-state index is 13.7. The van der Waals surface area contributed by atoms with E-state index in [0.29, 0.717) is 19.0 Å². The van der Waals surface area contributed by atoms with Gasteiger partial charge in [0.2, 0.25) is 21.8 Å². The number of sulfonamides is 1. The highest BCUT2D eigenvalue weighted by Gasteiger charge is 2.41. The molecule has 10 heteroatoms. The third-order valence-electron chi connectivity index (χ3n) is 5.85. The Balaban J connectivity index is 1.55. The van der Waals surface area contributed by atoms with E-state index in [-0.39, 0.29) is 24.6 Å². The number of rotatable bonds is 6. The van der Waals surface area contributed by atoms with Gasteiger partial charge in [-0.1, -0.05) is 19.1 Å². The minimum atomic E-state index is -3.80. The van der Waals surface area contributed by atoms with Crippen molar-refractivity contribution in [2.24, 2.45) is 5.92 Å². The van der Waals surface area contributed by atoms with Gasteiger partial charge in [0.05, 0.1) is 23.5 Å². The van der Waals surface area contributed by atoms with E-state index >= 15 is 0 Å². The molecule has 3 rings (SSSR count). The smallest absolute Gasteiger partial charge is 0.239 e. The van der Waals surface area contributed by atoms with Gasteiger partial charge in [0.1, 0.15) is 5.82 Å². The van der Waals surface area contributed by atoms with Gasteiger partial charge < -0.3 is 15.5 Å². The van der Waals surface area contributed by atoms with E-state index in [1.807, 2.05) is 0 Å². The second-order valence-electron chi connectivity index (χ2n) is 8.16. The number of amides is 2. The quantitative estimate of drug-likeness (QED) is 0.688. The van der Waals surface area contributed by atoms with Gasteiger partial charge >= 0.3 is 0 Å². The average Bonchev–Trinajstić information content (AvgIpc) is 3.21. The molecule has 0 aliphatic carbocycles. The van der Waals surface area contributed by atoms with Crippen LogP contribution in [-0.4, -0.2) is 74.0 Å². The van der Waals surface area contributed by atoms with Crippen molar-refractivity contribution in [1.82, 2.24) is 14.5 Å². The molecular formula is C20H29FN4O4S. The standard InChI is InChI=1S/C20H29FN4O4S/c1-14-7-9-25(10-8-14)20(27)18-11-15(12-22-18)30(28,29)24(2)13-19(26)23-17-6-4-3-5-16(17)21/h3-6,14-15,18,22H,7-13H2,1-2H3,(H,23,26). The van der Waals surface area contributed by atoms with Crippen LogP contribution in [0.5, 0.6) is 0 Å². The first-order chi connectivity index (χ1) is 14.2. The number of para-hydroxylation sites is 1. The Morgan fingerprint density at radius 1 is 1.27 bits per heavy atom. The SMILES string of the molecule is CC1CCN(C(=O)C2CC(S(=O)(=O)N(C)CC(=O)Nc3ccccc3F)CN2)CC1. The molecule has 1 aromatic rings. The van der Waals surface area contributed by atoms with Crippen molar-refractivity contribution in [3.05, 3.63) is 30.1 Å². The molecule has 2 aliphatic rings. The second kappa shape index (κ2) is 9.40. The lowest BCUT2D eigenvalue weighted by Crippen LogP contribution is -2.46. The van der Waals surface area contributed by atoms with E-state index in [9.17, 15) is 22.4 Å². The van der Waals surface area contributed by atoms with Gasteiger partial charge in [0, 0.05) is 26.7 Å². The number of benzene rings is 1. The van der Waals surface area contributed by atoms with Gasteiger partial charge in [0.15, 0.2) is 0 Å². The van der Waals surface area contributed by atoms with Crippen molar-refractivity contribution in [2.45, 2.75) is 37.5 Å². The number of likely N-dealkylation sites (N-methyl/N-ethyl adjacent to an activating group) is 1. The summed E-state index contributed by atoms with van der Waals surface area (Å²) in [5.41, 5.74) is -0.00246. The van der Waals surface area contributed by atoms with Crippen LogP contribution in [0.1, 0.15) is 26.2 Å². The molecule has 30 heavy (non-hydrogen) atoms. The Kier molecular flexibility index (Phi) is 7.10. The Morgan fingerprint density at radius 3 is 2.60 bits per heavy atom. The second-order valence-corrected chi connectivity index (χ2v) is 10.5. The Bertz CT molecular complexity index is 887. The Hall–Kier alpha value is -2.04. The predicted octanol–water partition coefficient (Wildman–Crippen LogP) is 1.01. The summed E-state index contributed by atoms with van der Waals surface area (Å²) in [7, 11) is -2.48.